The first kappa shape index (κ1) is 10.5. The van der Waals surface area contributed by atoms with Crippen LogP contribution in [0.4, 0.5) is 0 Å². The highest BCUT2D eigenvalue weighted by molar-refractivity contribution is 5.26. The highest BCUT2D eigenvalue weighted by Gasteiger charge is 2.27. The fourth-order valence-electron chi connectivity index (χ4n) is 2.09. The summed E-state index contributed by atoms with van der Waals surface area (Å²) in [6.45, 7) is 2.16. The Labute approximate surface area is 101 Å². The van der Waals surface area contributed by atoms with E-state index < -0.39 is 0 Å². The van der Waals surface area contributed by atoms with Crippen LogP contribution >= 0.6 is 0 Å². The molecule has 88 valence electrons. The van der Waals surface area contributed by atoms with E-state index in [1.54, 1.807) is 0 Å². The lowest BCUT2D eigenvalue weighted by Crippen LogP contribution is -1.95. The molecule has 17 heavy (non-hydrogen) atoms. The van der Waals surface area contributed by atoms with Gasteiger partial charge in [-0.05, 0) is 37.3 Å². The van der Waals surface area contributed by atoms with Crippen molar-refractivity contribution in [3.63, 3.8) is 0 Å². The van der Waals surface area contributed by atoms with Crippen LogP contribution in [0.25, 0.3) is 0 Å². The second kappa shape index (κ2) is 4.32. The largest absolute Gasteiger partial charge is 0.263 e. The topological polar surface area (TPSA) is 41.6 Å². The van der Waals surface area contributed by atoms with Crippen molar-refractivity contribution in [2.75, 3.05) is 0 Å². The molecular formula is C14H17N3. The zero-order valence-corrected chi connectivity index (χ0v) is 10.1. The van der Waals surface area contributed by atoms with Gasteiger partial charge in [0.1, 0.15) is 5.82 Å². The van der Waals surface area contributed by atoms with Crippen LogP contribution < -0.4 is 0 Å². The highest BCUT2D eigenvalue weighted by Crippen LogP contribution is 2.37. The summed E-state index contributed by atoms with van der Waals surface area (Å²) in [6, 6.07) is 8.52. The molecule has 0 spiro atoms. The number of aromatic nitrogens is 3. The SMILES string of the molecule is Cc1ccccc1CCc1nc(C2CC2)n[nH]1. The number of nitrogens with one attached hydrogen (secondary N) is 1. The zero-order chi connectivity index (χ0) is 11.7. The van der Waals surface area contributed by atoms with Crippen LogP contribution in [0, 0.1) is 6.92 Å². The van der Waals surface area contributed by atoms with E-state index in [9.17, 15) is 0 Å². The Kier molecular flexibility index (Phi) is 2.67. The molecule has 1 heterocycles. The molecule has 1 aliphatic rings. The lowest BCUT2D eigenvalue weighted by atomic mass is 10.0. The van der Waals surface area contributed by atoms with E-state index in [4.69, 9.17) is 0 Å². The molecule has 1 saturated carbocycles. The third-order valence-electron chi connectivity index (χ3n) is 3.38. The molecule has 0 unspecified atom stereocenters. The van der Waals surface area contributed by atoms with Gasteiger partial charge in [0.15, 0.2) is 5.82 Å². The average Bonchev–Trinajstić information content (AvgIpc) is 3.08. The second-order valence-electron chi connectivity index (χ2n) is 4.84. The van der Waals surface area contributed by atoms with Crippen molar-refractivity contribution < 1.29 is 0 Å². The minimum atomic E-state index is 0.637. The molecule has 0 bridgehead atoms. The third kappa shape index (κ3) is 2.38. The molecule has 0 amide bonds. The van der Waals surface area contributed by atoms with Crippen LogP contribution in [-0.2, 0) is 12.8 Å². The van der Waals surface area contributed by atoms with Crippen molar-refractivity contribution in [3.05, 3.63) is 47.0 Å². The molecule has 0 saturated heterocycles. The fourth-order valence-corrected chi connectivity index (χ4v) is 2.09. The number of H-pyrrole nitrogens is 1. The predicted octanol–water partition coefficient (Wildman–Crippen LogP) is 2.78. The Bertz CT molecular complexity index is 512. The van der Waals surface area contributed by atoms with E-state index in [0.29, 0.717) is 5.92 Å². The summed E-state index contributed by atoms with van der Waals surface area (Å²) < 4.78 is 0. The van der Waals surface area contributed by atoms with Gasteiger partial charge < -0.3 is 0 Å². The van der Waals surface area contributed by atoms with E-state index in [-0.39, 0.29) is 0 Å². The predicted molar refractivity (Wildman–Crippen MR) is 66.9 cm³/mol. The lowest BCUT2D eigenvalue weighted by Gasteiger charge is -2.02. The first-order valence-electron chi connectivity index (χ1n) is 6.28. The van der Waals surface area contributed by atoms with Gasteiger partial charge in [-0.1, -0.05) is 24.3 Å². The number of nitrogens with zero attached hydrogens (tertiary/aromatic N) is 2. The van der Waals surface area contributed by atoms with Gasteiger partial charge in [-0.25, -0.2) is 4.98 Å². The van der Waals surface area contributed by atoms with Gasteiger partial charge in [0.25, 0.3) is 0 Å². The molecule has 1 N–H and O–H groups in total. The van der Waals surface area contributed by atoms with Crippen LogP contribution in [0.3, 0.4) is 0 Å². The van der Waals surface area contributed by atoms with E-state index >= 15 is 0 Å². The standard InChI is InChI=1S/C14H17N3/c1-10-4-2-3-5-11(10)8-9-13-15-14(17-16-13)12-6-7-12/h2-5,12H,6-9H2,1H3,(H,15,16,17). The summed E-state index contributed by atoms with van der Waals surface area (Å²) in [5, 5.41) is 7.33. The molecule has 1 aromatic carbocycles. The maximum absolute atomic E-state index is 4.55. The van der Waals surface area contributed by atoms with E-state index in [1.165, 1.54) is 24.0 Å². The van der Waals surface area contributed by atoms with Gasteiger partial charge in [0, 0.05) is 12.3 Å². The number of hydrogen-bond acceptors (Lipinski definition) is 2. The molecule has 0 atom stereocenters. The minimum Gasteiger partial charge on any atom is -0.263 e. The molecule has 3 heteroatoms. The van der Waals surface area contributed by atoms with Gasteiger partial charge in [0.2, 0.25) is 0 Å². The molecule has 0 aliphatic heterocycles. The summed E-state index contributed by atoms with van der Waals surface area (Å²) in [5.74, 6) is 2.68. The number of aromatic amines is 1. The summed E-state index contributed by atoms with van der Waals surface area (Å²) in [6.07, 6.45) is 4.50. The first-order chi connectivity index (χ1) is 8.33. The molecule has 3 nitrogen and oxygen atoms in total. The lowest BCUT2D eigenvalue weighted by molar-refractivity contribution is 0.860. The molecule has 1 fully saturated rings. The fraction of sp³-hybridized carbons (Fsp3) is 0.429. The van der Waals surface area contributed by atoms with Crippen molar-refractivity contribution >= 4 is 0 Å². The van der Waals surface area contributed by atoms with Crippen molar-refractivity contribution in [1.29, 1.82) is 0 Å². The first-order valence-corrected chi connectivity index (χ1v) is 6.28. The van der Waals surface area contributed by atoms with Crippen LogP contribution in [0.15, 0.2) is 24.3 Å². The Balaban J connectivity index is 1.65. The van der Waals surface area contributed by atoms with Crippen molar-refractivity contribution in [2.45, 2.75) is 38.5 Å². The van der Waals surface area contributed by atoms with Crippen molar-refractivity contribution in [1.82, 2.24) is 15.2 Å². The van der Waals surface area contributed by atoms with Gasteiger partial charge in [-0.3, -0.25) is 5.10 Å². The summed E-state index contributed by atoms with van der Waals surface area (Å²) >= 11 is 0. The summed E-state index contributed by atoms with van der Waals surface area (Å²) in [4.78, 5) is 4.55. The van der Waals surface area contributed by atoms with Crippen LogP contribution in [-0.4, -0.2) is 15.2 Å². The van der Waals surface area contributed by atoms with Crippen LogP contribution in [0.1, 0.15) is 41.5 Å². The summed E-state index contributed by atoms with van der Waals surface area (Å²) in [7, 11) is 0. The Hall–Kier alpha value is -1.64. The smallest absolute Gasteiger partial charge is 0.153 e. The molecule has 2 aromatic rings. The number of benzene rings is 1. The second-order valence-corrected chi connectivity index (χ2v) is 4.84. The maximum Gasteiger partial charge on any atom is 0.153 e. The Morgan fingerprint density at radius 2 is 2.06 bits per heavy atom. The van der Waals surface area contributed by atoms with Crippen molar-refractivity contribution in [2.24, 2.45) is 0 Å². The quantitative estimate of drug-likeness (QED) is 0.872. The molecule has 1 aliphatic carbocycles. The third-order valence-corrected chi connectivity index (χ3v) is 3.38. The van der Waals surface area contributed by atoms with Gasteiger partial charge in [-0.2, -0.15) is 5.10 Å². The van der Waals surface area contributed by atoms with Crippen LogP contribution in [0.5, 0.6) is 0 Å². The molecule has 0 radical (unpaired) electrons. The van der Waals surface area contributed by atoms with E-state index in [1.807, 2.05) is 0 Å². The van der Waals surface area contributed by atoms with E-state index in [0.717, 1.165) is 24.5 Å². The van der Waals surface area contributed by atoms with Crippen molar-refractivity contribution in [3.8, 4) is 0 Å². The maximum atomic E-state index is 4.55. The minimum absolute atomic E-state index is 0.637. The Morgan fingerprint density at radius 1 is 1.24 bits per heavy atom. The molecular weight excluding hydrogens is 210 g/mol. The number of aryl methyl sites for hydroxylation is 3. The molecule has 1 aromatic heterocycles. The van der Waals surface area contributed by atoms with Crippen LogP contribution in [0.2, 0.25) is 0 Å². The molecule has 3 rings (SSSR count). The zero-order valence-electron chi connectivity index (χ0n) is 10.1. The summed E-state index contributed by atoms with van der Waals surface area (Å²) in [5.41, 5.74) is 2.76. The number of rotatable bonds is 4. The monoisotopic (exact) mass is 227 g/mol. The Morgan fingerprint density at radius 3 is 2.82 bits per heavy atom. The average molecular weight is 227 g/mol. The number of hydrogen-bond donors (Lipinski definition) is 1. The normalized spacial score (nSPS) is 15.1. The van der Waals surface area contributed by atoms with Gasteiger partial charge in [0.05, 0.1) is 0 Å². The van der Waals surface area contributed by atoms with Gasteiger partial charge >= 0.3 is 0 Å². The van der Waals surface area contributed by atoms with Gasteiger partial charge in [-0.15, -0.1) is 0 Å². The highest BCUT2D eigenvalue weighted by atomic mass is 15.2. The van der Waals surface area contributed by atoms with E-state index in [2.05, 4.69) is 46.4 Å².